The van der Waals surface area contributed by atoms with Crippen LogP contribution in [-0.4, -0.2) is 47.4 Å². The summed E-state index contributed by atoms with van der Waals surface area (Å²) in [5.74, 6) is 1.03. The van der Waals surface area contributed by atoms with Gasteiger partial charge >= 0.3 is 0 Å². The quantitative estimate of drug-likeness (QED) is 0.872. The largest absolute Gasteiger partial charge is 0.378 e. The Morgan fingerprint density at radius 3 is 2.92 bits per heavy atom. The predicted molar refractivity (Wildman–Crippen MR) is 91.1 cm³/mol. The lowest BCUT2D eigenvalue weighted by Crippen LogP contribution is -2.37. The number of ether oxygens (including phenoxy) is 1. The lowest BCUT2D eigenvalue weighted by Gasteiger charge is -2.29. The van der Waals surface area contributed by atoms with E-state index in [1.807, 2.05) is 12.1 Å². The highest BCUT2D eigenvalue weighted by molar-refractivity contribution is 5.92. The lowest BCUT2D eigenvalue weighted by molar-refractivity contribution is 0.0945. The molecule has 7 heteroatoms. The van der Waals surface area contributed by atoms with Gasteiger partial charge in [0, 0.05) is 37.1 Å². The smallest absolute Gasteiger partial charge is 0.272 e. The van der Waals surface area contributed by atoms with Crippen LogP contribution in [-0.2, 0) is 11.3 Å². The third-order valence-corrected chi connectivity index (χ3v) is 4.07. The molecule has 128 valence electrons. The minimum absolute atomic E-state index is 0.185. The summed E-state index contributed by atoms with van der Waals surface area (Å²) in [7, 11) is 0. The van der Waals surface area contributed by atoms with Gasteiger partial charge in [-0.25, -0.2) is 4.98 Å². The highest BCUT2D eigenvalue weighted by Crippen LogP contribution is 2.18. The van der Waals surface area contributed by atoms with E-state index < -0.39 is 0 Å². The molecule has 0 spiro atoms. The van der Waals surface area contributed by atoms with Crippen molar-refractivity contribution in [2.45, 2.75) is 26.3 Å². The standard InChI is InChI=1S/C17H23N5O2/c1-12(2)14-10-15(21-20-14)17(23)19-11-13-4-3-5-18-16(13)22-6-8-24-9-7-22/h3-5,10,12H,6-9,11H2,1-2H3,(H,19,23)(H,20,21). The van der Waals surface area contributed by atoms with Crippen molar-refractivity contribution in [1.29, 1.82) is 0 Å². The van der Waals surface area contributed by atoms with E-state index in [0.717, 1.165) is 30.2 Å². The van der Waals surface area contributed by atoms with Gasteiger partial charge in [-0.05, 0) is 18.1 Å². The molecule has 2 N–H and O–H groups in total. The van der Waals surface area contributed by atoms with E-state index in [0.29, 0.717) is 31.4 Å². The number of carbonyl (C=O) groups is 1. The van der Waals surface area contributed by atoms with Gasteiger partial charge in [0.05, 0.1) is 13.2 Å². The first-order valence-electron chi connectivity index (χ1n) is 8.25. The van der Waals surface area contributed by atoms with E-state index in [4.69, 9.17) is 4.74 Å². The van der Waals surface area contributed by atoms with Gasteiger partial charge in [-0.1, -0.05) is 19.9 Å². The monoisotopic (exact) mass is 329 g/mol. The molecule has 3 rings (SSSR count). The van der Waals surface area contributed by atoms with Crippen LogP contribution in [0.25, 0.3) is 0 Å². The molecule has 1 amide bonds. The number of amides is 1. The van der Waals surface area contributed by atoms with E-state index in [1.54, 1.807) is 12.3 Å². The van der Waals surface area contributed by atoms with Gasteiger partial charge in [0.1, 0.15) is 11.5 Å². The molecule has 3 heterocycles. The lowest BCUT2D eigenvalue weighted by atomic mass is 10.1. The van der Waals surface area contributed by atoms with Crippen LogP contribution < -0.4 is 10.2 Å². The van der Waals surface area contributed by atoms with Crippen LogP contribution in [0.5, 0.6) is 0 Å². The molecule has 24 heavy (non-hydrogen) atoms. The molecule has 0 aliphatic carbocycles. The summed E-state index contributed by atoms with van der Waals surface area (Å²) >= 11 is 0. The Kier molecular flexibility index (Phi) is 5.10. The Morgan fingerprint density at radius 1 is 1.42 bits per heavy atom. The van der Waals surface area contributed by atoms with Gasteiger partial charge in [0.15, 0.2) is 0 Å². The van der Waals surface area contributed by atoms with Gasteiger partial charge in [-0.2, -0.15) is 5.10 Å². The maximum atomic E-state index is 12.3. The Morgan fingerprint density at radius 2 is 2.21 bits per heavy atom. The van der Waals surface area contributed by atoms with Gasteiger partial charge in [-0.3, -0.25) is 9.89 Å². The normalized spacial score (nSPS) is 14.9. The predicted octanol–water partition coefficient (Wildman–Crippen LogP) is 1.69. The molecule has 0 saturated carbocycles. The van der Waals surface area contributed by atoms with Gasteiger partial charge < -0.3 is 15.0 Å². The number of anilines is 1. The molecule has 1 saturated heterocycles. The van der Waals surface area contributed by atoms with Crippen LogP contribution in [0, 0.1) is 0 Å². The van der Waals surface area contributed by atoms with Gasteiger partial charge in [0.25, 0.3) is 5.91 Å². The Labute approximate surface area is 141 Å². The number of hydrogen-bond donors (Lipinski definition) is 2. The first-order valence-corrected chi connectivity index (χ1v) is 8.25. The highest BCUT2D eigenvalue weighted by Gasteiger charge is 2.17. The van der Waals surface area contributed by atoms with E-state index >= 15 is 0 Å². The van der Waals surface area contributed by atoms with Crippen molar-refractivity contribution in [3.05, 3.63) is 41.3 Å². The average molecular weight is 329 g/mol. The van der Waals surface area contributed by atoms with Gasteiger partial charge in [0.2, 0.25) is 0 Å². The Hall–Kier alpha value is -2.41. The average Bonchev–Trinajstić information content (AvgIpc) is 3.11. The minimum Gasteiger partial charge on any atom is -0.378 e. The van der Waals surface area contributed by atoms with Crippen molar-refractivity contribution < 1.29 is 9.53 Å². The number of carbonyl (C=O) groups excluding carboxylic acids is 1. The van der Waals surface area contributed by atoms with E-state index in [9.17, 15) is 4.79 Å². The molecule has 0 atom stereocenters. The maximum Gasteiger partial charge on any atom is 0.272 e. The number of hydrogen-bond acceptors (Lipinski definition) is 5. The van der Waals surface area contributed by atoms with Crippen LogP contribution >= 0.6 is 0 Å². The van der Waals surface area contributed by atoms with E-state index in [-0.39, 0.29) is 5.91 Å². The molecule has 2 aromatic rings. The molecule has 0 radical (unpaired) electrons. The second-order valence-electron chi connectivity index (χ2n) is 6.13. The molecular weight excluding hydrogens is 306 g/mol. The molecule has 7 nitrogen and oxygen atoms in total. The number of aromatic amines is 1. The number of rotatable bonds is 5. The molecule has 1 aliphatic heterocycles. The van der Waals surface area contributed by atoms with Crippen molar-refractivity contribution in [1.82, 2.24) is 20.5 Å². The van der Waals surface area contributed by atoms with Crippen LogP contribution in [0.3, 0.4) is 0 Å². The molecule has 1 fully saturated rings. The summed E-state index contributed by atoms with van der Waals surface area (Å²) < 4.78 is 5.39. The zero-order valence-electron chi connectivity index (χ0n) is 14.1. The first-order chi connectivity index (χ1) is 11.6. The third-order valence-electron chi connectivity index (χ3n) is 4.07. The molecule has 0 bridgehead atoms. The van der Waals surface area contributed by atoms with Crippen LogP contribution in [0.15, 0.2) is 24.4 Å². The number of aromatic nitrogens is 3. The first kappa shape index (κ1) is 16.4. The summed E-state index contributed by atoms with van der Waals surface area (Å²) in [5.41, 5.74) is 2.36. The molecular formula is C17H23N5O2. The molecule has 1 aliphatic rings. The number of morpholine rings is 1. The number of nitrogens with zero attached hydrogens (tertiary/aromatic N) is 3. The van der Waals surface area contributed by atoms with Crippen LogP contribution in [0.4, 0.5) is 5.82 Å². The van der Waals surface area contributed by atoms with Crippen LogP contribution in [0.1, 0.15) is 41.5 Å². The summed E-state index contributed by atoms with van der Waals surface area (Å²) in [6, 6.07) is 5.67. The second-order valence-corrected chi connectivity index (χ2v) is 6.13. The number of H-pyrrole nitrogens is 1. The van der Waals surface area contributed by atoms with Gasteiger partial charge in [-0.15, -0.1) is 0 Å². The SMILES string of the molecule is CC(C)c1cc(C(=O)NCc2cccnc2N2CCOCC2)n[nH]1. The van der Waals surface area contributed by atoms with Crippen LogP contribution in [0.2, 0.25) is 0 Å². The topological polar surface area (TPSA) is 83.1 Å². The zero-order valence-corrected chi connectivity index (χ0v) is 14.1. The van der Waals surface area contributed by atoms with E-state index in [2.05, 4.69) is 39.2 Å². The summed E-state index contributed by atoms with van der Waals surface area (Å²) in [4.78, 5) is 19.0. The molecule has 0 unspecified atom stereocenters. The van der Waals surface area contributed by atoms with Crippen molar-refractivity contribution in [2.75, 3.05) is 31.2 Å². The maximum absolute atomic E-state index is 12.3. The fourth-order valence-electron chi connectivity index (χ4n) is 2.64. The second kappa shape index (κ2) is 7.44. The fourth-order valence-corrected chi connectivity index (χ4v) is 2.64. The Bertz CT molecular complexity index is 692. The highest BCUT2D eigenvalue weighted by atomic mass is 16.5. The molecule has 0 aromatic carbocycles. The Balaban J connectivity index is 1.66. The summed E-state index contributed by atoms with van der Waals surface area (Å²) in [5, 5.41) is 9.91. The van der Waals surface area contributed by atoms with Crippen molar-refractivity contribution in [3.63, 3.8) is 0 Å². The third kappa shape index (κ3) is 3.73. The molecule has 2 aromatic heterocycles. The summed E-state index contributed by atoms with van der Waals surface area (Å²) in [6.45, 7) is 7.56. The van der Waals surface area contributed by atoms with Crippen molar-refractivity contribution in [2.24, 2.45) is 0 Å². The van der Waals surface area contributed by atoms with Crippen molar-refractivity contribution in [3.8, 4) is 0 Å². The number of pyridine rings is 1. The zero-order chi connectivity index (χ0) is 16.9. The minimum atomic E-state index is -0.185. The fraction of sp³-hybridized carbons (Fsp3) is 0.471. The summed E-state index contributed by atoms with van der Waals surface area (Å²) in [6.07, 6.45) is 1.78. The number of nitrogens with one attached hydrogen (secondary N) is 2. The van der Waals surface area contributed by atoms with Crippen molar-refractivity contribution >= 4 is 11.7 Å². The van der Waals surface area contributed by atoms with E-state index in [1.165, 1.54) is 0 Å².